The predicted octanol–water partition coefficient (Wildman–Crippen LogP) is 2.96. The highest BCUT2D eigenvalue weighted by Gasteiger charge is 2.19. The van der Waals surface area contributed by atoms with Crippen molar-refractivity contribution in [1.29, 1.82) is 0 Å². The molecule has 3 rings (SSSR count). The molecule has 134 valence electrons. The summed E-state index contributed by atoms with van der Waals surface area (Å²) in [4.78, 5) is 13.9. The average Bonchev–Trinajstić information content (AvgIpc) is 3.07. The number of rotatable bonds is 5. The maximum Gasteiger partial charge on any atom is 0.274 e. The van der Waals surface area contributed by atoms with E-state index in [2.05, 4.69) is 15.5 Å². The second-order valence-electron chi connectivity index (χ2n) is 5.99. The first-order chi connectivity index (χ1) is 12.5. The molecule has 0 saturated carbocycles. The van der Waals surface area contributed by atoms with Crippen LogP contribution in [0.4, 0.5) is 0 Å². The van der Waals surface area contributed by atoms with E-state index in [4.69, 9.17) is 11.6 Å². The van der Waals surface area contributed by atoms with E-state index >= 15 is 0 Å². The average molecular weight is 371 g/mol. The van der Waals surface area contributed by atoms with Gasteiger partial charge in [0.25, 0.3) is 5.91 Å². The molecule has 0 spiro atoms. The molecule has 7 heteroatoms. The molecule has 0 atom stereocenters. The zero-order chi connectivity index (χ0) is 18.7. The molecule has 2 N–H and O–H groups in total. The highest BCUT2D eigenvalue weighted by atomic mass is 35.5. The number of amides is 1. The number of aliphatic hydroxyl groups is 1. The van der Waals surface area contributed by atoms with Crippen LogP contribution in [0.25, 0.3) is 5.69 Å². The summed E-state index contributed by atoms with van der Waals surface area (Å²) in [6, 6.07) is 13.0. The maximum absolute atomic E-state index is 12.5. The molecule has 0 aliphatic carbocycles. The van der Waals surface area contributed by atoms with Crippen LogP contribution in [0.2, 0.25) is 5.02 Å². The first kappa shape index (κ1) is 18.1. The molecule has 3 aromatic rings. The fourth-order valence-corrected chi connectivity index (χ4v) is 2.69. The van der Waals surface area contributed by atoms with Crippen molar-refractivity contribution in [2.45, 2.75) is 27.0 Å². The number of benzene rings is 2. The number of carbonyl (C=O) groups is 1. The van der Waals surface area contributed by atoms with Crippen molar-refractivity contribution in [3.05, 3.63) is 75.6 Å². The fourth-order valence-electron chi connectivity index (χ4n) is 2.49. The second-order valence-corrected chi connectivity index (χ2v) is 6.39. The van der Waals surface area contributed by atoms with Crippen LogP contribution in [0.5, 0.6) is 0 Å². The van der Waals surface area contributed by atoms with Gasteiger partial charge in [0.2, 0.25) is 0 Å². The lowest BCUT2D eigenvalue weighted by Crippen LogP contribution is -2.24. The second kappa shape index (κ2) is 7.68. The number of aromatic nitrogens is 3. The third-order valence-corrected chi connectivity index (χ3v) is 4.54. The lowest BCUT2D eigenvalue weighted by atomic mass is 10.1. The predicted molar refractivity (Wildman–Crippen MR) is 99.4 cm³/mol. The summed E-state index contributed by atoms with van der Waals surface area (Å²) >= 11 is 6.10. The van der Waals surface area contributed by atoms with E-state index in [1.807, 2.05) is 50.2 Å². The van der Waals surface area contributed by atoms with Gasteiger partial charge in [0, 0.05) is 11.6 Å². The molecule has 1 amide bonds. The van der Waals surface area contributed by atoms with Crippen LogP contribution >= 0.6 is 11.6 Å². The molecule has 6 nitrogen and oxygen atoms in total. The van der Waals surface area contributed by atoms with Crippen molar-refractivity contribution in [2.75, 3.05) is 0 Å². The third-order valence-electron chi connectivity index (χ3n) is 4.17. The topological polar surface area (TPSA) is 80.0 Å². The lowest BCUT2D eigenvalue weighted by Gasteiger charge is -2.06. The molecule has 0 aliphatic rings. The van der Waals surface area contributed by atoms with Crippen LogP contribution in [0.15, 0.2) is 42.5 Å². The molecular weight excluding hydrogens is 352 g/mol. The van der Waals surface area contributed by atoms with Crippen LogP contribution in [-0.4, -0.2) is 26.0 Å². The Kier molecular flexibility index (Phi) is 5.35. The summed E-state index contributed by atoms with van der Waals surface area (Å²) in [5.41, 5.74) is 4.09. The Bertz CT molecular complexity index is 952. The number of halogens is 1. The Labute approximate surface area is 156 Å². The number of hydrogen-bond donors (Lipinski definition) is 2. The number of hydrogen-bond acceptors (Lipinski definition) is 4. The SMILES string of the molecule is Cc1ccc(-n2nc(CO)c(C(=O)NCc3ccccc3Cl)n2)cc1C. The molecule has 26 heavy (non-hydrogen) atoms. The van der Waals surface area contributed by atoms with E-state index in [0.717, 1.165) is 22.4 Å². The van der Waals surface area contributed by atoms with Crippen molar-refractivity contribution in [2.24, 2.45) is 0 Å². The van der Waals surface area contributed by atoms with Crippen molar-refractivity contribution in [1.82, 2.24) is 20.3 Å². The molecule has 0 unspecified atom stereocenters. The van der Waals surface area contributed by atoms with Gasteiger partial charge in [-0.25, -0.2) is 0 Å². The summed E-state index contributed by atoms with van der Waals surface area (Å²) in [6.45, 7) is 3.90. The standard InChI is InChI=1S/C19H19ClN4O2/c1-12-7-8-15(9-13(12)2)24-22-17(11-25)18(23-24)19(26)21-10-14-5-3-4-6-16(14)20/h3-9,25H,10-11H2,1-2H3,(H,21,26). The van der Waals surface area contributed by atoms with E-state index in [1.165, 1.54) is 4.80 Å². The van der Waals surface area contributed by atoms with Gasteiger partial charge in [0.15, 0.2) is 5.69 Å². The highest BCUT2D eigenvalue weighted by Crippen LogP contribution is 2.16. The Morgan fingerprint density at radius 2 is 1.92 bits per heavy atom. The molecule has 1 aromatic heterocycles. The number of nitrogens with zero attached hydrogens (tertiary/aromatic N) is 3. The van der Waals surface area contributed by atoms with Gasteiger partial charge in [-0.1, -0.05) is 35.9 Å². The molecule has 1 heterocycles. The van der Waals surface area contributed by atoms with E-state index in [-0.39, 0.29) is 24.5 Å². The van der Waals surface area contributed by atoms with Gasteiger partial charge in [0.1, 0.15) is 5.69 Å². The number of aryl methyl sites for hydroxylation is 2. The normalized spacial score (nSPS) is 10.8. The molecular formula is C19H19ClN4O2. The first-order valence-electron chi connectivity index (χ1n) is 8.16. The van der Waals surface area contributed by atoms with Crippen LogP contribution in [0, 0.1) is 13.8 Å². The van der Waals surface area contributed by atoms with Gasteiger partial charge in [-0.2, -0.15) is 4.80 Å². The van der Waals surface area contributed by atoms with E-state index in [9.17, 15) is 9.90 Å². The van der Waals surface area contributed by atoms with Gasteiger partial charge in [0.05, 0.1) is 12.3 Å². The van der Waals surface area contributed by atoms with Crippen molar-refractivity contribution in [3.8, 4) is 5.69 Å². The number of nitrogens with one attached hydrogen (secondary N) is 1. The number of carbonyl (C=O) groups excluding carboxylic acids is 1. The summed E-state index contributed by atoms with van der Waals surface area (Å²) in [5.74, 6) is -0.413. The molecule has 0 aliphatic heterocycles. The van der Waals surface area contributed by atoms with E-state index in [1.54, 1.807) is 6.07 Å². The highest BCUT2D eigenvalue weighted by molar-refractivity contribution is 6.31. The monoisotopic (exact) mass is 370 g/mol. The van der Waals surface area contributed by atoms with Crippen LogP contribution < -0.4 is 5.32 Å². The fraction of sp³-hybridized carbons (Fsp3) is 0.211. The van der Waals surface area contributed by atoms with Gasteiger partial charge in [-0.15, -0.1) is 10.2 Å². The van der Waals surface area contributed by atoms with Gasteiger partial charge < -0.3 is 10.4 Å². The molecule has 2 aromatic carbocycles. The largest absolute Gasteiger partial charge is 0.390 e. The Morgan fingerprint density at radius 3 is 2.62 bits per heavy atom. The smallest absolute Gasteiger partial charge is 0.274 e. The van der Waals surface area contributed by atoms with Crippen LogP contribution in [0.3, 0.4) is 0 Å². The lowest BCUT2D eigenvalue weighted by molar-refractivity contribution is 0.0942. The number of aliphatic hydroxyl groups excluding tert-OH is 1. The third kappa shape index (κ3) is 3.76. The van der Waals surface area contributed by atoms with E-state index < -0.39 is 5.91 Å². The van der Waals surface area contributed by atoms with Gasteiger partial charge in [-0.3, -0.25) is 4.79 Å². The minimum Gasteiger partial charge on any atom is -0.390 e. The molecule has 0 radical (unpaired) electrons. The minimum atomic E-state index is -0.413. The molecule has 0 fully saturated rings. The van der Waals surface area contributed by atoms with Gasteiger partial charge >= 0.3 is 0 Å². The minimum absolute atomic E-state index is 0.0952. The molecule has 0 saturated heterocycles. The van der Waals surface area contributed by atoms with Crippen molar-refractivity contribution < 1.29 is 9.90 Å². The zero-order valence-corrected chi connectivity index (χ0v) is 15.3. The summed E-state index contributed by atoms with van der Waals surface area (Å²) in [5, 5.41) is 21.4. The van der Waals surface area contributed by atoms with Crippen molar-refractivity contribution >= 4 is 17.5 Å². The van der Waals surface area contributed by atoms with Crippen LogP contribution in [0.1, 0.15) is 32.9 Å². The Balaban J connectivity index is 1.83. The van der Waals surface area contributed by atoms with Crippen LogP contribution in [-0.2, 0) is 13.2 Å². The molecule has 0 bridgehead atoms. The quantitative estimate of drug-likeness (QED) is 0.723. The Hall–Kier alpha value is -2.70. The summed E-state index contributed by atoms with van der Waals surface area (Å²) in [6.07, 6.45) is 0. The van der Waals surface area contributed by atoms with Crippen molar-refractivity contribution in [3.63, 3.8) is 0 Å². The first-order valence-corrected chi connectivity index (χ1v) is 8.53. The van der Waals surface area contributed by atoms with Gasteiger partial charge in [-0.05, 0) is 48.7 Å². The zero-order valence-electron chi connectivity index (χ0n) is 14.5. The van der Waals surface area contributed by atoms with E-state index in [0.29, 0.717) is 5.02 Å². The summed E-state index contributed by atoms with van der Waals surface area (Å²) < 4.78 is 0. The Morgan fingerprint density at radius 1 is 1.15 bits per heavy atom. The maximum atomic E-state index is 12.5. The summed E-state index contributed by atoms with van der Waals surface area (Å²) in [7, 11) is 0.